The van der Waals surface area contributed by atoms with Crippen molar-refractivity contribution in [3.63, 3.8) is 0 Å². The van der Waals surface area contributed by atoms with Crippen LogP contribution in [0.15, 0.2) is 24.3 Å². The molecule has 0 unspecified atom stereocenters. The zero-order chi connectivity index (χ0) is 16.1. The molecular formula is C13H17F3O3SSi. The van der Waals surface area contributed by atoms with Gasteiger partial charge in [-0.3, -0.25) is 0 Å². The van der Waals surface area contributed by atoms with E-state index in [0.29, 0.717) is 11.1 Å². The Morgan fingerprint density at radius 1 is 1.19 bits per heavy atom. The fraction of sp³-hybridized carbons (Fsp3) is 0.538. The maximum absolute atomic E-state index is 12.4. The lowest BCUT2D eigenvalue weighted by Gasteiger charge is -2.17. The lowest BCUT2D eigenvalue weighted by molar-refractivity contribution is -0.0500. The van der Waals surface area contributed by atoms with Crippen molar-refractivity contribution in [3.05, 3.63) is 29.8 Å². The minimum absolute atomic E-state index is 0.0938. The Morgan fingerprint density at radius 3 is 2.24 bits per heavy atom. The first-order chi connectivity index (χ1) is 9.43. The molecule has 0 amide bonds. The number of hydrogen-bond donors (Lipinski definition) is 0. The first-order valence-corrected chi connectivity index (χ1v) is 11.5. The second-order valence-corrected chi connectivity index (χ2v) is 13.3. The van der Waals surface area contributed by atoms with Crippen LogP contribution < -0.4 is 4.18 Å². The lowest BCUT2D eigenvalue weighted by Crippen LogP contribution is -2.28. The Morgan fingerprint density at radius 2 is 1.76 bits per heavy atom. The van der Waals surface area contributed by atoms with Gasteiger partial charge in [0.25, 0.3) is 0 Å². The van der Waals surface area contributed by atoms with E-state index in [1.165, 1.54) is 12.1 Å². The molecule has 0 radical (unpaired) electrons. The van der Waals surface area contributed by atoms with E-state index in [0.717, 1.165) is 6.42 Å². The van der Waals surface area contributed by atoms with E-state index in [1.807, 2.05) is 0 Å². The Balaban J connectivity index is 2.28. The normalized spacial score (nSPS) is 23.0. The summed E-state index contributed by atoms with van der Waals surface area (Å²) in [5.74, 6) is -0.114. The summed E-state index contributed by atoms with van der Waals surface area (Å²) in [6.07, 6.45) is 0.877. The third kappa shape index (κ3) is 3.42. The predicted molar refractivity (Wildman–Crippen MR) is 76.5 cm³/mol. The first kappa shape index (κ1) is 16.3. The van der Waals surface area contributed by atoms with Crippen LogP contribution in [0, 0.1) is 0 Å². The summed E-state index contributed by atoms with van der Waals surface area (Å²) in [4.78, 5) is 0. The molecular weight excluding hydrogens is 321 g/mol. The number of alkyl halides is 3. The van der Waals surface area contributed by atoms with Gasteiger partial charge in [-0.15, -0.1) is 0 Å². The van der Waals surface area contributed by atoms with Crippen molar-refractivity contribution in [2.75, 3.05) is 0 Å². The fourth-order valence-electron chi connectivity index (χ4n) is 2.52. The van der Waals surface area contributed by atoms with E-state index in [2.05, 4.69) is 23.8 Å². The van der Waals surface area contributed by atoms with E-state index < -0.39 is 23.7 Å². The summed E-state index contributed by atoms with van der Waals surface area (Å²) in [5.41, 5.74) is -4.42. The maximum atomic E-state index is 12.4. The summed E-state index contributed by atoms with van der Waals surface area (Å²) in [5, 5.41) is 0. The number of hydrogen-bond acceptors (Lipinski definition) is 3. The van der Waals surface area contributed by atoms with E-state index in [9.17, 15) is 21.6 Å². The Hall–Kier alpha value is -1.02. The van der Waals surface area contributed by atoms with Crippen molar-refractivity contribution in [3.8, 4) is 5.75 Å². The van der Waals surface area contributed by atoms with Gasteiger partial charge in [0.15, 0.2) is 0 Å². The van der Waals surface area contributed by atoms with Gasteiger partial charge in [0.1, 0.15) is 5.75 Å². The molecule has 3 nitrogen and oxygen atoms in total. The molecule has 21 heavy (non-hydrogen) atoms. The van der Waals surface area contributed by atoms with Gasteiger partial charge in [0.05, 0.1) is 0 Å². The highest BCUT2D eigenvalue weighted by Gasteiger charge is 2.51. The molecule has 1 fully saturated rings. The SMILES string of the molecule is C[Si](C)(C)[C@@H]1C[C@H]1c1ccccc1OS(=O)(=O)C(F)(F)F. The molecule has 0 N–H and O–H groups in total. The molecule has 0 heterocycles. The van der Waals surface area contributed by atoms with E-state index in [-0.39, 0.29) is 11.7 Å². The molecule has 8 heteroatoms. The number of rotatable bonds is 4. The topological polar surface area (TPSA) is 43.4 Å². The zero-order valence-electron chi connectivity index (χ0n) is 11.9. The summed E-state index contributed by atoms with van der Waals surface area (Å²) >= 11 is 0. The fourth-order valence-corrected chi connectivity index (χ4v) is 5.35. The maximum Gasteiger partial charge on any atom is 0.534 e. The van der Waals surface area contributed by atoms with Crippen molar-refractivity contribution < 1.29 is 25.8 Å². The van der Waals surface area contributed by atoms with Crippen molar-refractivity contribution in [2.45, 2.75) is 43.0 Å². The van der Waals surface area contributed by atoms with Crippen LogP contribution in [0.2, 0.25) is 25.2 Å². The quantitative estimate of drug-likeness (QED) is 0.471. The molecule has 118 valence electrons. The first-order valence-electron chi connectivity index (χ1n) is 6.53. The Kier molecular flexibility index (Phi) is 3.90. The number of benzene rings is 1. The molecule has 1 aromatic carbocycles. The van der Waals surface area contributed by atoms with Crippen LogP contribution in [-0.4, -0.2) is 22.0 Å². The molecule has 0 aromatic heterocycles. The predicted octanol–water partition coefficient (Wildman–Crippen LogP) is 4.11. The van der Waals surface area contributed by atoms with Crippen LogP contribution in [-0.2, 0) is 10.1 Å². The monoisotopic (exact) mass is 338 g/mol. The smallest absolute Gasteiger partial charge is 0.376 e. The highest BCUT2D eigenvalue weighted by molar-refractivity contribution is 7.88. The summed E-state index contributed by atoms with van der Waals surface area (Å²) < 4.78 is 63.9. The average molecular weight is 338 g/mol. The van der Waals surface area contributed by atoms with Gasteiger partial charge >= 0.3 is 15.6 Å². The lowest BCUT2D eigenvalue weighted by atomic mass is 10.1. The van der Waals surface area contributed by atoms with Crippen LogP contribution in [0.1, 0.15) is 17.9 Å². The molecule has 1 aromatic rings. The van der Waals surface area contributed by atoms with Crippen LogP contribution >= 0.6 is 0 Å². The highest BCUT2D eigenvalue weighted by Crippen LogP contribution is 2.60. The van der Waals surface area contributed by atoms with Gasteiger partial charge < -0.3 is 4.18 Å². The molecule has 1 aliphatic rings. The molecule has 2 rings (SSSR count). The highest BCUT2D eigenvalue weighted by atomic mass is 32.2. The second-order valence-electron chi connectivity index (χ2n) is 6.34. The van der Waals surface area contributed by atoms with E-state index >= 15 is 0 Å². The molecule has 0 aliphatic heterocycles. The molecule has 2 atom stereocenters. The summed E-state index contributed by atoms with van der Waals surface area (Å²) in [6.45, 7) is 6.56. The van der Waals surface area contributed by atoms with Gasteiger partial charge in [0, 0.05) is 8.07 Å². The van der Waals surface area contributed by atoms with Crippen LogP contribution in [0.25, 0.3) is 0 Å². The third-order valence-electron chi connectivity index (χ3n) is 3.70. The molecule has 0 spiro atoms. The number of halogens is 3. The average Bonchev–Trinajstić information content (AvgIpc) is 3.07. The largest absolute Gasteiger partial charge is 0.534 e. The van der Waals surface area contributed by atoms with Gasteiger partial charge in [-0.05, 0) is 29.5 Å². The minimum atomic E-state index is -5.62. The molecule has 0 bridgehead atoms. The second kappa shape index (κ2) is 5.01. The van der Waals surface area contributed by atoms with Gasteiger partial charge in [-0.1, -0.05) is 37.8 Å². The van der Waals surface area contributed by atoms with Gasteiger partial charge in [0.2, 0.25) is 0 Å². The molecule has 0 saturated heterocycles. The van der Waals surface area contributed by atoms with Crippen LogP contribution in [0.4, 0.5) is 13.2 Å². The summed E-state index contributed by atoms with van der Waals surface area (Å²) in [6, 6.07) is 6.07. The standard InChI is InChI=1S/C13H17F3O3SSi/c1-21(2,3)12-8-10(12)9-6-4-5-7-11(9)19-20(17,18)13(14,15)16/h4-7,10,12H,8H2,1-3H3/t10-,12+/m0/s1. The van der Waals surface area contributed by atoms with Crippen molar-refractivity contribution in [1.29, 1.82) is 0 Å². The minimum Gasteiger partial charge on any atom is -0.376 e. The van der Waals surface area contributed by atoms with Crippen LogP contribution in [0.3, 0.4) is 0 Å². The third-order valence-corrected chi connectivity index (χ3v) is 7.53. The van der Waals surface area contributed by atoms with Crippen molar-refractivity contribution in [1.82, 2.24) is 0 Å². The molecule has 1 aliphatic carbocycles. The Labute approximate surface area is 123 Å². The van der Waals surface area contributed by atoms with Crippen molar-refractivity contribution in [2.24, 2.45) is 0 Å². The van der Waals surface area contributed by atoms with Gasteiger partial charge in [-0.2, -0.15) is 21.6 Å². The van der Waals surface area contributed by atoms with Gasteiger partial charge in [-0.25, -0.2) is 0 Å². The van der Waals surface area contributed by atoms with Crippen LogP contribution in [0.5, 0.6) is 5.75 Å². The van der Waals surface area contributed by atoms with Crippen molar-refractivity contribution >= 4 is 18.2 Å². The Bertz CT molecular complexity index is 635. The zero-order valence-corrected chi connectivity index (χ0v) is 13.8. The summed E-state index contributed by atoms with van der Waals surface area (Å²) in [7, 11) is -7.04. The van der Waals surface area contributed by atoms with E-state index in [1.54, 1.807) is 12.1 Å². The molecule has 1 saturated carbocycles. The van der Waals surface area contributed by atoms with E-state index in [4.69, 9.17) is 0 Å². The number of para-hydroxylation sites is 1.